The molecule has 1 amide bonds. The van der Waals surface area contributed by atoms with Gasteiger partial charge in [0.25, 0.3) is 5.91 Å². The molecule has 7 heteroatoms. The number of carbonyl (C=O) groups is 1. The average molecular weight is 422 g/mol. The monoisotopic (exact) mass is 421 g/mol. The maximum Gasteiger partial charge on any atom is 0.253 e. The van der Waals surface area contributed by atoms with E-state index in [1.54, 1.807) is 12.4 Å². The fourth-order valence-electron chi connectivity index (χ4n) is 3.91. The van der Waals surface area contributed by atoms with Crippen molar-refractivity contribution in [3.05, 3.63) is 53.9 Å². The second-order valence-corrected chi connectivity index (χ2v) is 7.84. The Balaban J connectivity index is 1.09. The third-order valence-electron chi connectivity index (χ3n) is 5.56. The summed E-state index contributed by atoms with van der Waals surface area (Å²) >= 11 is 0. The number of rotatable bonds is 10. The maximum absolute atomic E-state index is 12.4. The van der Waals surface area contributed by atoms with E-state index in [2.05, 4.69) is 44.1 Å². The van der Waals surface area contributed by atoms with Crippen LogP contribution in [0, 0.1) is 0 Å². The molecule has 0 radical (unpaired) electrons. The summed E-state index contributed by atoms with van der Waals surface area (Å²) in [6.07, 6.45) is 8.79. The Kier molecular flexibility index (Phi) is 7.39. The van der Waals surface area contributed by atoms with E-state index >= 15 is 0 Å². The van der Waals surface area contributed by atoms with Crippen LogP contribution in [0.15, 0.2) is 42.7 Å². The first-order chi connectivity index (χ1) is 15.3. The summed E-state index contributed by atoms with van der Waals surface area (Å²) in [5.41, 5.74) is 3.79. The molecule has 0 atom stereocenters. The molecule has 2 aromatic heterocycles. The van der Waals surface area contributed by atoms with Crippen LogP contribution < -0.4 is 20.7 Å². The van der Waals surface area contributed by atoms with E-state index < -0.39 is 0 Å². The van der Waals surface area contributed by atoms with E-state index in [0.29, 0.717) is 12.1 Å². The van der Waals surface area contributed by atoms with Gasteiger partial charge in [-0.15, -0.1) is 0 Å². The van der Waals surface area contributed by atoms with Gasteiger partial charge in [-0.25, -0.2) is 4.98 Å². The summed E-state index contributed by atoms with van der Waals surface area (Å²) in [7, 11) is 0. The molecule has 7 nitrogen and oxygen atoms in total. The van der Waals surface area contributed by atoms with Crippen LogP contribution >= 0.6 is 0 Å². The third-order valence-corrected chi connectivity index (χ3v) is 5.56. The molecule has 4 N–H and O–H groups in total. The van der Waals surface area contributed by atoms with Crippen molar-refractivity contribution >= 4 is 22.6 Å². The average Bonchev–Trinajstić information content (AvgIpc) is 3.08. The van der Waals surface area contributed by atoms with E-state index in [1.807, 2.05) is 12.1 Å². The molecule has 0 fully saturated rings. The van der Waals surface area contributed by atoms with Gasteiger partial charge in [0.1, 0.15) is 11.4 Å². The summed E-state index contributed by atoms with van der Waals surface area (Å²) in [5, 5.41) is 10.8. The van der Waals surface area contributed by atoms with Crippen molar-refractivity contribution in [2.75, 3.05) is 38.1 Å². The number of pyridine rings is 1. The van der Waals surface area contributed by atoms with Gasteiger partial charge in [-0.1, -0.05) is 12.1 Å². The van der Waals surface area contributed by atoms with Crippen molar-refractivity contribution in [3.63, 3.8) is 0 Å². The standard InChI is InChI=1S/C24H31N5O2/c30-24(20-17-29-23-19(20)9-6-13-27-23)28-12-3-2-11-25-14-15-26-21-10-5-8-18-7-1-4-16-31-22(18)21/h5-6,8-10,13,17,25-26H,1-4,7,11-12,14-16H2,(H,27,29)(H,28,30). The number of anilines is 1. The van der Waals surface area contributed by atoms with Gasteiger partial charge in [-0.3, -0.25) is 4.79 Å². The molecule has 0 aliphatic carbocycles. The second kappa shape index (κ2) is 10.8. The van der Waals surface area contributed by atoms with Crippen LogP contribution in [0.25, 0.3) is 11.0 Å². The van der Waals surface area contributed by atoms with Crippen LogP contribution in [-0.2, 0) is 6.42 Å². The number of para-hydroxylation sites is 1. The molecule has 1 aromatic carbocycles. The van der Waals surface area contributed by atoms with Crippen LogP contribution in [0.2, 0.25) is 0 Å². The molecule has 0 unspecified atom stereocenters. The molecule has 3 heterocycles. The third kappa shape index (κ3) is 5.55. The van der Waals surface area contributed by atoms with Gasteiger partial charge in [0.05, 0.1) is 17.9 Å². The van der Waals surface area contributed by atoms with E-state index in [-0.39, 0.29) is 5.91 Å². The molecular weight excluding hydrogens is 390 g/mol. The van der Waals surface area contributed by atoms with Crippen LogP contribution in [0.4, 0.5) is 5.69 Å². The molecule has 0 bridgehead atoms. The number of benzene rings is 1. The number of aryl methyl sites for hydroxylation is 1. The Morgan fingerprint density at radius 3 is 2.97 bits per heavy atom. The second-order valence-electron chi connectivity index (χ2n) is 7.84. The summed E-state index contributed by atoms with van der Waals surface area (Å²) in [5.74, 6) is 0.974. The Hall–Kier alpha value is -3.06. The van der Waals surface area contributed by atoms with E-state index in [0.717, 1.165) is 74.4 Å². The van der Waals surface area contributed by atoms with Crippen molar-refractivity contribution in [3.8, 4) is 5.75 Å². The zero-order valence-corrected chi connectivity index (χ0v) is 17.9. The Morgan fingerprint density at radius 2 is 2.00 bits per heavy atom. The lowest BCUT2D eigenvalue weighted by molar-refractivity contribution is 0.0954. The van der Waals surface area contributed by atoms with E-state index in [1.165, 1.54) is 12.0 Å². The minimum absolute atomic E-state index is 0.0550. The van der Waals surface area contributed by atoms with Gasteiger partial charge in [0.2, 0.25) is 0 Å². The first-order valence-electron chi connectivity index (χ1n) is 11.2. The fraction of sp³-hybridized carbons (Fsp3) is 0.417. The number of hydrogen-bond donors (Lipinski definition) is 4. The highest BCUT2D eigenvalue weighted by atomic mass is 16.5. The molecule has 3 aromatic rings. The number of aromatic nitrogens is 2. The molecular formula is C24H31N5O2. The molecule has 0 saturated heterocycles. The summed E-state index contributed by atoms with van der Waals surface area (Å²) < 4.78 is 5.95. The molecule has 1 aliphatic heterocycles. The number of fused-ring (bicyclic) bond motifs is 2. The smallest absolute Gasteiger partial charge is 0.253 e. The number of unbranched alkanes of at least 4 members (excludes halogenated alkanes) is 1. The fourth-order valence-corrected chi connectivity index (χ4v) is 3.91. The quantitative estimate of drug-likeness (QED) is 0.376. The van der Waals surface area contributed by atoms with Gasteiger partial charge in [-0.2, -0.15) is 0 Å². The number of hydrogen-bond acceptors (Lipinski definition) is 5. The lowest BCUT2D eigenvalue weighted by Crippen LogP contribution is -2.26. The van der Waals surface area contributed by atoms with Gasteiger partial charge in [0, 0.05) is 37.4 Å². The van der Waals surface area contributed by atoms with Crippen LogP contribution in [-0.4, -0.2) is 48.7 Å². The summed E-state index contributed by atoms with van der Waals surface area (Å²) in [4.78, 5) is 19.6. The largest absolute Gasteiger partial charge is 0.491 e. The van der Waals surface area contributed by atoms with Crippen molar-refractivity contribution in [1.29, 1.82) is 0 Å². The van der Waals surface area contributed by atoms with Gasteiger partial charge >= 0.3 is 0 Å². The van der Waals surface area contributed by atoms with E-state index in [4.69, 9.17) is 4.74 Å². The molecule has 164 valence electrons. The number of carbonyl (C=O) groups excluding carboxylic acids is 1. The number of nitrogens with one attached hydrogen (secondary N) is 4. The Morgan fingerprint density at radius 1 is 1.06 bits per heavy atom. The molecule has 0 saturated carbocycles. The predicted octanol–water partition coefficient (Wildman–Crippen LogP) is 3.49. The van der Waals surface area contributed by atoms with Gasteiger partial charge < -0.3 is 25.7 Å². The lowest BCUT2D eigenvalue weighted by Gasteiger charge is -2.15. The minimum Gasteiger partial charge on any atom is -0.491 e. The molecule has 4 rings (SSSR count). The highest BCUT2D eigenvalue weighted by Gasteiger charge is 2.13. The number of H-pyrrole nitrogens is 1. The van der Waals surface area contributed by atoms with Gasteiger partial charge in [-0.05, 0) is 62.4 Å². The number of amides is 1. The van der Waals surface area contributed by atoms with Crippen molar-refractivity contribution in [1.82, 2.24) is 20.6 Å². The topological polar surface area (TPSA) is 91.1 Å². The molecule has 1 aliphatic rings. The van der Waals surface area contributed by atoms with Crippen LogP contribution in [0.1, 0.15) is 41.6 Å². The zero-order chi connectivity index (χ0) is 21.3. The highest BCUT2D eigenvalue weighted by molar-refractivity contribution is 6.05. The Bertz CT molecular complexity index is 1000. The van der Waals surface area contributed by atoms with E-state index in [9.17, 15) is 4.79 Å². The Labute approximate surface area is 183 Å². The number of aromatic amines is 1. The lowest BCUT2D eigenvalue weighted by atomic mass is 10.1. The molecule has 0 spiro atoms. The number of ether oxygens (including phenoxy) is 1. The SMILES string of the molecule is O=C(NCCCCNCCNc1cccc2c1OCCCC2)c1c[nH]c2ncccc12. The van der Waals surface area contributed by atoms with Crippen LogP contribution in [0.3, 0.4) is 0 Å². The summed E-state index contributed by atoms with van der Waals surface area (Å²) in [6.45, 7) is 4.14. The maximum atomic E-state index is 12.4. The highest BCUT2D eigenvalue weighted by Crippen LogP contribution is 2.32. The summed E-state index contributed by atoms with van der Waals surface area (Å²) in [6, 6.07) is 10.1. The number of nitrogens with zero attached hydrogens (tertiary/aromatic N) is 1. The van der Waals surface area contributed by atoms with Crippen molar-refractivity contribution < 1.29 is 9.53 Å². The first-order valence-corrected chi connectivity index (χ1v) is 11.2. The zero-order valence-electron chi connectivity index (χ0n) is 17.9. The van der Waals surface area contributed by atoms with Crippen molar-refractivity contribution in [2.45, 2.75) is 32.1 Å². The van der Waals surface area contributed by atoms with Gasteiger partial charge in [0.15, 0.2) is 0 Å². The minimum atomic E-state index is -0.0550. The van der Waals surface area contributed by atoms with Crippen molar-refractivity contribution in [2.24, 2.45) is 0 Å². The normalized spacial score (nSPS) is 13.3. The van der Waals surface area contributed by atoms with Crippen LogP contribution in [0.5, 0.6) is 5.75 Å². The molecule has 31 heavy (non-hydrogen) atoms. The predicted molar refractivity (Wildman–Crippen MR) is 124 cm³/mol. The first kappa shape index (κ1) is 21.2.